The van der Waals surface area contributed by atoms with Gasteiger partial charge in [-0.05, 0) is 42.0 Å². The van der Waals surface area contributed by atoms with Crippen molar-refractivity contribution < 1.29 is 32.2 Å². The van der Waals surface area contributed by atoms with Crippen molar-refractivity contribution in [2.45, 2.75) is 12.4 Å². The third-order valence-corrected chi connectivity index (χ3v) is 5.16. The molecule has 1 fully saturated rings. The summed E-state index contributed by atoms with van der Waals surface area (Å²) in [4.78, 5) is 28.6. The number of hydrogen-bond acceptors (Lipinski definition) is 5. The summed E-state index contributed by atoms with van der Waals surface area (Å²) in [5.41, 5.74) is 0.987. The molecule has 1 atom stereocenters. The summed E-state index contributed by atoms with van der Waals surface area (Å²) in [6.07, 6.45) is -4.79. The molecule has 1 unspecified atom stereocenters. The van der Waals surface area contributed by atoms with E-state index in [9.17, 15) is 22.8 Å². The van der Waals surface area contributed by atoms with Gasteiger partial charge in [0.2, 0.25) is 0 Å². The van der Waals surface area contributed by atoms with Crippen LogP contribution in [0.2, 0.25) is 5.02 Å². The molecule has 2 aromatic carbocycles. The number of ether oxygens (including phenoxy) is 2. The van der Waals surface area contributed by atoms with Gasteiger partial charge in [0.05, 0.1) is 7.11 Å². The van der Waals surface area contributed by atoms with Crippen LogP contribution in [-0.4, -0.2) is 61.3 Å². The number of hydrogen-bond donors (Lipinski definition) is 0. The standard InChI is InChI=1S/C21H20ClF3N2O4/c1-30-20(29)18(14-2-6-16(22)7-3-14)26-10-12-27(13-11-26)19(28)15-4-8-17(9-5-15)31-21(23,24)25/h2-9,18H,10-13H2,1H3. The lowest BCUT2D eigenvalue weighted by atomic mass is 10.0. The molecule has 0 saturated carbocycles. The molecule has 0 bridgehead atoms. The number of halogens is 4. The molecule has 3 rings (SSSR count). The van der Waals surface area contributed by atoms with Gasteiger partial charge in [-0.3, -0.25) is 9.69 Å². The molecule has 10 heteroatoms. The Hall–Kier alpha value is -2.78. The number of alkyl halides is 3. The first-order chi connectivity index (χ1) is 14.7. The average molecular weight is 457 g/mol. The predicted octanol–water partition coefficient (Wildman–Crippen LogP) is 3.91. The topological polar surface area (TPSA) is 59.1 Å². The Morgan fingerprint density at radius 1 is 0.968 bits per heavy atom. The van der Waals surface area contributed by atoms with E-state index in [1.165, 1.54) is 19.2 Å². The minimum absolute atomic E-state index is 0.255. The SMILES string of the molecule is COC(=O)C(c1ccc(Cl)cc1)N1CCN(C(=O)c2ccc(OC(F)(F)F)cc2)CC1. The number of benzene rings is 2. The Morgan fingerprint density at radius 2 is 1.55 bits per heavy atom. The van der Waals surface area contributed by atoms with Crippen LogP contribution in [0.15, 0.2) is 48.5 Å². The number of carbonyl (C=O) groups excluding carboxylic acids is 2. The lowest BCUT2D eigenvalue weighted by Crippen LogP contribution is -2.51. The molecule has 1 heterocycles. The van der Waals surface area contributed by atoms with Crippen LogP contribution >= 0.6 is 11.6 Å². The summed E-state index contributed by atoms with van der Waals surface area (Å²) in [7, 11) is 1.32. The average Bonchev–Trinajstić information content (AvgIpc) is 2.74. The maximum atomic E-state index is 12.7. The van der Waals surface area contributed by atoms with Crippen LogP contribution in [0, 0.1) is 0 Å². The normalized spacial score (nSPS) is 16.0. The molecule has 166 valence electrons. The fourth-order valence-corrected chi connectivity index (χ4v) is 3.54. The first-order valence-corrected chi connectivity index (χ1v) is 9.78. The van der Waals surface area contributed by atoms with Crippen LogP contribution in [-0.2, 0) is 9.53 Å². The molecule has 0 N–H and O–H groups in total. The number of esters is 1. The van der Waals surface area contributed by atoms with Gasteiger partial charge >= 0.3 is 12.3 Å². The van der Waals surface area contributed by atoms with Crippen LogP contribution in [0.5, 0.6) is 5.75 Å². The second kappa shape index (κ2) is 9.57. The molecule has 0 aliphatic carbocycles. The molecular formula is C21H20ClF3N2O4. The maximum Gasteiger partial charge on any atom is 0.573 e. The second-order valence-electron chi connectivity index (χ2n) is 6.88. The Balaban J connectivity index is 1.65. The van der Waals surface area contributed by atoms with Crippen LogP contribution in [0.3, 0.4) is 0 Å². The summed E-state index contributed by atoms with van der Waals surface area (Å²) in [5.74, 6) is -1.11. The van der Waals surface area contributed by atoms with Crippen molar-refractivity contribution >= 4 is 23.5 Å². The fraction of sp³-hybridized carbons (Fsp3) is 0.333. The third-order valence-electron chi connectivity index (χ3n) is 4.91. The zero-order valence-corrected chi connectivity index (χ0v) is 17.3. The first-order valence-electron chi connectivity index (χ1n) is 9.40. The van der Waals surface area contributed by atoms with Crippen LogP contribution in [0.25, 0.3) is 0 Å². The van der Waals surface area contributed by atoms with Gasteiger partial charge in [0.25, 0.3) is 5.91 Å². The molecular weight excluding hydrogens is 437 g/mol. The van der Waals surface area contributed by atoms with E-state index >= 15 is 0 Å². The number of amides is 1. The van der Waals surface area contributed by atoms with Gasteiger partial charge in [0.1, 0.15) is 11.8 Å². The van der Waals surface area contributed by atoms with Crippen molar-refractivity contribution in [3.63, 3.8) is 0 Å². The number of piperazine rings is 1. The maximum absolute atomic E-state index is 12.7. The molecule has 1 amide bonds. The third kappa shape index (κ3) is 5.89. The van der Waals surface area contributed by atoms with E-state index in [1.54, 1.807) is 29.2 Å². The highest BCUT2D eigenvalue weighted by molar-refractivity contribution is 6.30. The van der Waals surface area contributed by atoms with Crippen molar-refractivity contribution in [3.05, 3.63) is 64.7 Å². The highest BCUT2D eigenvalue weighted by Crippen LogP contribution is 2.26. The lowest BCUT2D eigenvalue weighted by molar-refractivity contribution is -0.274. The molecule has 1 aliphatic heterocycles. The molecule has 0 radical (unpaired) electrons. The monoisotopic (exact) mass is 456 g/mol. The van der Waals surface area contributed by atoms with Crippen molar-refractivity contribution in [2.24, 2.45) is 0 Å². The Kier molecular flexibility index (Phi) is 7.07. The summed E-state index contributed by atoms with van der Waals surface area (Å²) >= 11 is 5.93. The van der Waals surface area contributed by atoms with Gasteiger partial charge in [-0.2, -0.15) is 0 Å². The zero-order valence-electron chi connectivity index (χ0n) is 16.6. The summed E-state index contributed by atoms with van der Waals surface area (Å²) < 4.78 is 45.6. The van der Waals surface area contributed by atoms with Gasteiger partial charge in [-0.1, -0.05) is 23.7 Å². The molecule has 2 aromatic rings. The predicted molar refractivity (Wildman–Crippen MR) is 107 cm³/mol. The fourth-order valence-electron chi connectivity index (χ4n) is 3.42. The first kappa shape index (κ1) is 22.9. The minimum atomic E-state index is -4.79. The van der Waals surface area contributed by atoms with Gasteiger partial charge in [-0.15, -0.1) is 13.2 Å². The van der Waals surface area contributed by atoms with E-state index in [0.717, 1.165) is 17.7 Å². The Labute approximate surface area is 182 Å². The van der Waals surface area contributed by atoms with Gasteiger partial charge < -0.3 is 14.4 Å². The van der Waals surface area contributed by atoms with E-state index in [1.807, 2.05) is 4.90 Å². The van der Waals surface area contributed by atoms with Gasteiger partial charge in [0.15, 0.2) is 0 Å². The van der Waals surface area contributed by atoms with E-state index < -0.39 is 24.1 Å². The van der Waals surface area contributed by atoms with Crippen molar-refractivity contribution in [2.75, 3.05) is 33.3 Å². The number of carbonyl (C=O) groups is 2. The number of nitrogens with zero attached hydrogens (tertiary/aromatic N) is 2. The second-order valence-corrected chi connectivity index (χ2v) is 7.31. The summed E-state index contributed by atoms with van der Waals surface area (Å²) in [5, 5.41) is 0.550. The molecule has 6 nitrogen and oxygen atoms in total. The van der Waals surface area contributed by atoms with Crippen LogP contribution in [0.1, 0.15) is 22.0 Å². The minimum Gasteiger partial charge on any atom is -0.468 e. The van der Waals surface area contributed by atoms with E-state index in [0.29, 0.717) is 31.2 Å². The number of methoxy groups -OCH3 is 1. The quantitative estimate of drug-likeness (QED) is 0.638. The smallest absolute Gasteiger partial charge is 0.468 e. The lowest BCUT2D eigenvalue weighted by Gasteiger charge is -2.38. The zero-order chi connectivity index (χ0) is 22.6. The molecule has 31 heavy (non-hydrogen) atoms. The largest absolute Gasteiger partial charge is 0.573 e. The highest BCUT2D eigenvalue weighted by Gasteiger charge is 2.33. The molecule has 0 aromatic heterocycles. The highest BCUT2D eigenvalue weighted by atomic mass is 35.5. The van der Waals surface area contributed by atoms with Crippen LogP contribution < -0.4 is 4.74 Å². The Morgan fingerprint density at radius 3 is 2.06 bits per heavy atom. The van der Waals surface area contributed by atoms with Crippen molar-refractivity contribution in [1.29, 1.82) is 0 Å². The molecule has 1 saturated heterocycles. The molecule has 0 spiro atoms. The molecule has 1 aliphatic rings. The number of rotatable bonds is 5. The van der Waals surface area contributed by atoms with Gasteiger partial charge in [-0.25, -0.2) is 4.79 Å². The van der Waals surface area contributed by atoms with Crippen LogP contribution in [0.4, 0.5) is 13.2 Å². The van der Waals surface area contributed by atoms with E-state index in [2.05, 4.69) is 4.74 Å². The Bertz CT molecular complexity index is 912. The summed E-state index contributed by atoms with van der Waals surface area (Å²) in [6, 6.07) is 11.1. The summed E-state index contributed by atoms with van der Waals surface area (Å²) in [6.45, 7) is 1.54. The van der Waals surface area contributed by atoms with E-state index in [-0.39, 0.29) is 11.5 Å². The van der Waals surface area contributed by atoms with Gasteiger partial charge in [0, 0.05) is 36.8 Å². The van der Waals surface area contributed by atoms with Crippen molar-refractivity contribution in [3.8, 4) is 5.75 Å². The van der Waals surface area contributed by atoms with Crippen molar-refractivity contribution in [1.82, 2.24) is 9.80 Å². The van der Waals surface area contributed by atoms with E-state index in [4.69, 9.17) is 16.3 Å².